The molecule has 0 aromatic carbocycles. The number of hydrogen-bond acceptors (Lipinski definition) is 4. The Hall–Kier alpha value is -2.52. The van der Waals surface area contributed by atoms with Gasteiger partial charge in [0.1, 0.15) is 11.5 Å². The van der Waals surface area contributed by atoms with Gasteiger partial charge < -0.3 is 10.2 Å². The van der Waals surface area contributed by atoms with Crippen molar-refractivity contribution < 1.29 is 18.0 Å². The van der Waals surface area contributed by atoms with Crippen LogP contribution in [0.5, 0.6) is 0 Å². The quantitative estimate of drug-likeness (QED) is 0.720. The van der Waals surface area contributed by atoms with Crippen molar-refractivity contribution in [2.24, 2.45) is 0 Å². The number of alkyl halides is 3. The van der Waals surface area contributed by atoms with Crippen LogP contribution >= 0.6 is 0 Å². The number of halogens is 3. The van der Waals surface area contributed by atoms with Crippen LogP contribution in [0.4, 0.5) is 19.0 Å². The molecule has 7 nitrogen and oxygen atoms in total. The fourth-order valence-corrected chi connectivity index (χ4v) is 4.38. The second kappa shape index (κ2) is 7.56. The summed E-state index contributed by atoms with van der Waals surface area (Å²) in [5.74, 6) is 0.125. The summed E-state index contributed by atoms with van der Waals surface area (Å²) in [6.07, 6.45) is -2.07. The zero-order valence-corrected chi connectivity index (χ0v) is 18.3. The van der Waals surface area contributed by atoms with Crippen molar-refractivity contribution in [3.05, 3.63) is 29.2 Å². The van der Waals surface area contributed by atoms with Gasteiger partial charge in [0.05, 0.1) is 11.7 Å². The van der Waals surface area contributed by atoms with Crippen molar-refractivity contribution in [1.82, 2.24) is 24.9 Å². The Labute approximate surface area is 179 Å². The van der Waals surface area contributed by atoms with Crippen LogP contribution in [-0.4, -0.2) is 49.5 Å². The molecule has 0 bridgehead atoms. The Morgan fingerprint density at radius 2 is 1.94 bits per heavy atom. The monoisotopic (exact) mass is 438 g/mol. The van der Waals surface area contributed by atoms with Crippen LogP contribution in [0.1, 0.15) is 87.3 Å². The van der Waals surface area contributed by atoms with Crippen molar-refractivity contribution >= 4 is 11.7 Å². The highest BCUT2D eigenvalue weighted by molar-refractivity contribution is 5.92. The number of nitrogens with one attached hydrogen (secondary N) is 2. The van der Waals surface area contributed by atoms with Crippen molar-refractivity contribution in [1.29, 1.82) is 0 Å². The van der Waals surface area contributed by atoms with Crippen molar-refractivity contribution in [2.75, 3.05) is 11.9 Å². The number of rotatable bonds is 2. The molecule has 2 N–H and O–H groups in total. The molecule has 1 saturated heterocycles. The number of aromatic amines is 1. The molecule has 4 rings (SSSR count). The Balaban J connectivity index is 1.64. The van der Waals surface area contributed by atoms with E-state index in [0.717, 1.165) is 23.2 Å². The minimum absolute atomic E-state index is 0.0756. The van der Waals surface area contributed by atoms with Gasteiger partial charge in [-0.25, -0.2) is 4.68 Å². The fraction of sp³-hybridized carbons (Fsp3) is 0.667. The third-order valence-electron chi connectivity index (χ3n) is 6.11. The summed E-state index contributed by atoms with van der Waals surface area (Å²) in [7, 11) is 0. The summed E-state index contributed by atoms with van der Waals surface area (Å²) in [5.41, 5.74) is 1.49. The molecule has 10 heteroatoms. The predicted molar refractivity (Wildman–Crippen MR) is 110 cm³/mol. The van der Waals surface area contributed by atoms with E-state index >= 15 is 0 Å². The van der Waals surface area contributed by atoms with E-state index in [0.29, 0.717) is 30.2 Å². The number of anilines is 1. The lowest BCUT2D eigenvalue weighted by Gasteiger charge is -2.34. The molecule has 3 atom stereocenters. The molecule has 4 heterocycles. The van der Waals surface area contributed by atoms with E-state index in [1.165, 1.54) is 0 Å². The molecule has 170 valence electrons. The van der Waals surface area contributed by atoms with Crippen molar-refractivity contribution in [3.63, 3.8) is 0 Å². The number of piperidine rings is 1. The third-order valence-corrected chi connectivity index (χ3v) is 6.11. The molecule has 2 aromatic heterocycles. The maximum Gasteiger partial charge on any atom is 0.410 e. The predicted octanol–water partition coefficient (Wildman–Crippen LogP) is 4.58. The summed E-state index contributed by atoms with van der Waals surface area (Å²) in [6, 6.07) is 1.07. The number of aromatic nitrogens is 4. The van der Waals surface area contributed by atoms with Crippen LogP contribution in [0.25, 0.3) is 0 Å². The first-order chi connectivity index (χ1) is 14.4. The standard InChI is InChI=1S/C21H29F3N6O/c1-12-9-17(21(22,23)24)30-18(25-12)11-13(28-30)15-7-5-6-8-29(15)19(31)14-10-16(27-26-14)20(2,3)4/h10-12,15,17,25H,5-9H2,1-4H3,(H,26,27)/t12-,15?,17-/m1/s1. The summed E-state index contributed by atoms with van der Waals surface area (Å²) >= 11 is 0. The van der Waals surface area contributed by atoms with E-state index in [9.17, 15) is 18.0 Å². The van der Waals surface area contributed by atoms with E-state index in [1.807, 2.05) is 20.8 Å². The van der Waals surface area contributed by atoms with Crippen LogP contribution in [0, 0.1) is 0 Å². The molecule has 0 spiro atoms. The smallest absolute Gasteiger partial charge is 0.368 e. The second-order valence-corrected chi connectivity index (χ2v) is 9.66. The molecule has 1 amide bonds. The molecule has 31 heavy (non-hydrogen) atoms. The molecule has 0 aliphatic carbocycles. The zero-order valence-electron chi connectivity index (χ0n) is 18.3. The first-order valence-electron chi connectivity index (χ1n) is 10.7. The lowest BCUT2D eigenvalue weighted by Crippen LogP contribution is -2.39. The highest BCUT2D eigenvalue weighted by Crippen LogP contribution is 2.41. The maximum atomic E-state index is 13.6. The Morgan fingerprint density at radius 3 is 2.58 bits per heavy atom. The number of carbonyl (C=O) groups excluding carboxylic acids is 1. The van der Waals surface area contributed by atoms with Crippen molar-refractivity contribution in [3.8, 4) is 0 Å². The minimum atomic E-state index is -4.38. The number of hydrogen-bond donors (Lipinski definition) is 2. The molecule has 0 radical (unpaired) electrons. The number of carbonyl (C=O) groups is 1. The van der Waals surface area contributed by atoms with Crippen LogP contribution in [0.3, 0.4) is 0 Å². The molecule has 2 aliphatic rings. The second-order valence-electron chi connectivity index (χ2n) is 9.66. The van der Waals surface area contributed by atoms with Gasteiger partial charge in [0.25, 0.3) is 5.91 Å². The molecular formula is C21H29F3N6O. The van der Waals surface area contributed by atoms with Gasteiger partial charge in [-0.1, -0.05) is 20.8 Å². The summed E-state index contributed by atoms with van der Waals surface area (Å²) in [5, 5.41) is 14.6. The molecule has 0 saturated carbocycles. The first kappa shape index (κ1) is 21.7. The van der Waals surface area contributed by atoms with Crippen LogP contribution in [0.15, 0.2) is 12.1 Å². The molecule has 1 fully saturated rings. The number of nitrogens with zero attached hydrogens (tertiary/aromatic N) is 4. The normalized spacial score (nSPS) is 24.6. The molecular weight excluding hydrogens is 409 g/mol. The Bertz CT molecular complexity index is 957. The van der Waals surface area contributed by atoms with Crippen molar-refractivity contribution in [2.45, 2.75) is 83.1 Å². The highest BCUT2D eigenvalue weighted by Gasteiger charge is 2.46. The average molecular weight is 438 g/mol. The van der Waals surface area contributed by atoms with Crippen LogP contribution < -0.4 is 5.32 Å². The van der Waals surface area contributed by atoms with E-state index < -0.39 is 12.2 Å². The van der Waals surface area contributed by atoms with Gasteiger partial charge in [-0.2, -0.15) is 23.4 Å². The molecule has 2 aromatic rings. The Morgan fingerprint density at radius 1 is 1.19 bits per heavy atom. The van der Waals surface area contributed by atoms with E-state index in [4.69, 9.17) is 0 Å². The number of H-pyrrole nitrogens is 1. The minimum Gasteiger partial charge on any atom is -0.368 e. The summed E-state index contributed by atoms with van der Waals surface area (Å²) < 4.78 is 41.9. The van der Waals surface area contributed by atoms with E-state index in [2.05, 4.69) is 20.6 Å². The van der Waals surface area contributed by atoms with E-state index in [1.54, 1.807) is 24.0 Å². The van der Waals surface area contributed by atoms with Gasteiger partial charge in [0.2, 0.25) is 0 Å². The highest BCUT2D eigenvalue weighted by atomic mass is 19.4. The molecule has 1 unspecified atom stereocenters. The topological polar surface area (TPSA) is 78.8 Å². The SMILES string of the molecule is C[C@@H]1C[C@H](C(F)(F)F)n2nc(C3CCCCN3C(=O)c3cc(C(C)(C)C)[nH]n3)cc2N1. The maximum absolute atomic E-state index is 13.6. The zero-order chi connectivity index (χ0) is 22.6. The lowest BCUT2D eigenvalue weighted by molar-refractivity contribution is -0.173. The van der Waals surface area contributed by atoms with Gasteiger partial charge in [-0.05, 0) is 38.7 Å². The Kier molecular flexibility index (Phi) is 5.29. The number of likely N-dealkylation sites (tertiary alicyclic amines) is 1. The average Bonchev–Trinajstić information content (AvgIpc) is 3.33. The van der Waals surface area contributed by atoms with Gasteiger partial charge in [-0.15, -0.1) is 0 Å². The van der Waals surface area contributed by atoms with Gasteiger partial charge in [0, 0.05) is 29.8 Å². The fourth-order valence-electron chi connectivity index (χ4n) is 4.38. The summed E-state index contributed by atoms with van der Waals surface area (Å²) in [6.45, 7) is 8.34. The van der Waals surface area contributed by atoms with Gasteiger partial charge in [0.15, 0.2) is 6.04 Å². The van der Waals surface area contributed by atoms with Crippen LogP contribution in [-0.2, 0) is 5.41 Å². The number of amides is 1. The van der Waals surface area contributed by atoms with E-state index in [-0.39, 0.29) is 29.8 Å². The van der Waals surface area contributed by atoms with Gasteiger partial charge >= 0.3 is 6.18 Å². The number of fused-ring (bicyclic) bond motifs is 1. The van der Waals surface area contributed by atoms with Gasteiger partial charge in [-0.3, -0.25) is 9.89 Å². The summed E-state index contributed by atoms with van der Waals surface area (Å²) in [4.78, 5) is 15.0. The lowest BCUT2D eigenvalue weighted by atomic mass is 9.92. The molecule has 2 aliphatic heterocycles. The van der Waals surface area contributed by atoms with Crippen LogP contribution in [0.2, 0.25) is 0 Å². The third kappa shape index (κ3) is 4.16. The first-order valence-corrected chi connectivity index (χ1v) is 10.7. The largest absolute Gasteiger partial charge is 0.410 e.